The van der Waals surface area contributed by atoms with Gasteiger partial charge in [-0.05, 0) is 49.2 Å². The van der Waals surface area contributed by atoms with E-state index in [1.807, 2.05) is 44.2 Å². The Morgan fingerprint density at radius 1 is 1.10 bits per heavy atom. The van der Waals surface area contributed by atoms with E-state index in [0.29, 0.717) is 42.2 Å². The van der Waals surface area contributed by atoms with Crippen LogP contribution in [0.4, 0.5) is 0 Å². The molecule has 2 aromatic rings. The largest absolute Gasteiger partial charge is 0.493 e. The maximum absolute atomic E-state index is 6.35. The van der Waals surface area contributed by atoms with E-state index < -0.39 is 0 Å². The van der Waals surface area contributed by atoms with Crippen LogP contribution in [-0.4, -0.2) is 33.0 Å². The Morgan fingerprint density at radius 3 is 2.69 bits per heavy atom. The van der Waals surface area contributed by atoms with Gasteiger partial charge in [-0.25, -0.2) is 4.99 Å². The van der Waals surface area contributed by atoms with Crippen LogP contribution >= 0.6 is 11.6 Å². The number of ether oxygens (including phenoxy) is 4. The first-order valence-electron chi connectivity index (χ1n) is 9.54. The molecule has 2 N–H and O–H groups in total. The van der Waals surface area contributed by atoms with Gasteiger partial charge < -0.3 is 29.6 Å². The van der Waals surface area contributed by atoms with Gasteiger partial charge in [0.1, 0.15) is 0 Å². The average molecular weight is 420 g/mol. The number of rotatable bonds is 8. The number of aliphatic imine (C=N–C) groups is 1. The summed E-state index contributed by atoms with van der Waals surface area (Å²) in [6.45, 7) is 6.51. The number of halogens is 1. The summed E-state index contributed by atoms with van der Waals surface area (Å²) < 4.78 is 21.7. The summed E-state index contributed by atoms with van der Waals surface area (Å²) in [6, 6.07) is 9.62. The van der Waals surface area contributed by atoms with Crippen molar-refractivity contribution < 1.29 is 18.9 Å². The van der Waals surface area contributed by atoms with Gasteiger partial charge in [-0.3, -0.25) is 0 Å². The lowest BCUT2D eigenvalue weighted by atomic mass is 10.2. The second kappa shape index (κ2) is 10.1. The van der Waals surface area contributed by atoms with Crippen molar-refractivity contribution in [3.8, 4) is 23.0 Å². The summed E-state index contributed by atoms with van der Waals surface area (Å²) in [5.74, 6) is 3.40. The number of methoxy groups -OCH3 is 1. The third-order valence-corrected chi connectivity index (χ3v) is 4.52. The molecule has 0 aromatic heterocycles. The number of nitrogens with zero attached hydrogens (tertiary/aromatic N) is 1. The molecule has 0 saturated carbocycles. The SMILES string of the molecule is CCNC(=NCc1cc(Cl)c(OCC)c(OC)c1)NCc1ccc2c(c1)OCO2. The maximum Gasteiger partial charge on any atom is 0.231 e. The van der Waals surface area contributed by atoms with E-state index in [1.165, 1.54) is 0 Å². The summed E-state index contributed by atoms with van der Waals surface area (Å²) >= 11 is 6.35. The Morgan fingerprint density at radius 2 is 1.93 bits per heavy atom. The summed E-state index contributed by atoms with van der Waals surface area (Å²) in [6.07, 6.45) is 0. The fourth-order valence-electron chi connectivity index (χ4n) is 2.90. The topological polar surface area (TPSA) is 73.3 Å². The van der Waals surface area contributed by atoms with Crippen LogP contribution in [0.3, 0.4) is 0 Å². The number of fused-ring (bicyclic) bond motifs is 1. The molecule has 0 unspecified atom stereocenters. The fraction of sp³-hybridized carbons (Fsp3) is 0.381. The van der Waals surface area contributed by atoms with Crippen LogP contribution in [0, 0.1) is 0 Å². The zero-order valence-corrected chi connectivity index (χ0v) is 17.6. The van der Waals surface area contributed by atoms with E-state index in [-0.39, 0.29) is 6.79 Å². The molecule has 0 saturated heterocycles. The molecule has 7 nitrogen and oxygen atoms in total. The normalized spacial score (nSPS) is 12.6. The first-order valence-corrected chi connectivity index (χ1v) is 9.92. The van der Waals surface area contributed by atoms with Gasteiger partial charge in [-0.2, -0.15) is 0 Å². The van der Waals surface area contributed by atoms with E-state index in [4.69, 9.17) is 30.5 Å². The highest BCUT2D eigenvalue weighted by atomic mass is 35.5. The van der Waals surface area contributed by atoms with Crippen molar-refractivity contribution in [2.24, 2.45) is 4.99 Å². The first kappa shape index (κ1) is 20.9. The summed E-state index contributed by atoms with van der Waals surface area (Å²) in [7, 11) is 1.60. The Balaban J connectivity index is 1.68. The molecule has 1 aliphatic heterocycles. The predicted octanol–water partition coefficient (Wildman–Crippen LogP) is 3.73. The van der Waals surface area contributed by atoms with Crippen molar-refractivity contribution >= 4 is 17.6 Å². The number of hydrogen-bond acceptors (Lipinski definition) is 5. The lowest BCUT2D eigenvalue weighted by Gasteiger charge is -2.14. The molecule has 3 rings (SSSR count). The van der Waals surface area contributed by atoms with Crippen LogP contribution in [0.25, 0.3) is 0 Å². The van der Waals surface area contributed by atoms with Crippen LogP contribution in [0.2, 0.25) is 5.02 Å². The van der Waals surface area contributed by atoms with Gasteiger partial charge >= 0.3 is 0 Å². The molecule has 0 atom stereocenters. The molecule has 0 bridgehead atoms. The predicted molar refractivity (Wildman–Crippen MR) is 113 cm³/mol. The fourth-order valence-corrected chi connectivity index (χ4v) is 3.19. The Labute approximate surface area is 176 Å². The van der Waals surface area contributed by atoms with Crippen LogP contribution in [-0.2, 0) is 13.1 Å². The van der Waals surface area contributed by atoms with E-state index in [2.05, 4.69) is 15.6 Å². The summed E-state index contributed by atoms with van der Waals surface area (Å²) in [5.41, 5.74) is 2.00. The molecule has 0 aliphatic carbocycles. The van der Waals surface area contributed by atoms with Gasteiger partial charge in [-0.15, -0.1) is 0 Å². The molecule has 0 spiro atoms. The van der Waals surface area contributed by atoms with Gasteiger partial charge in [-0.1, -0.05) is 17.7 Å². The molecular formula is C21H26ClN3O4. The molecule has 2 aromatic carbocycles. The monoisotopic (exact) mass is 419 g/mol. The molecule has 29 heavy (non-hydrogen) atoms. The second-order valence-electron chi connectivity index (χ2n) is 6.28. The van der Waals surface area contributed by atoms with Gasteiger partial charge in [0.05, 0.1) is 25.3 Å². The minimum atomic E-state index is 0.268. The van der Waals surface area contributed by atoms with Crippen molar-refractivity contribution in [3.63, 3.8) is 0 Å². The molecule has 1 heterocycles. The van der Waals surface area contributed by atoms with Crippen molar-refractivity contribution in [2.45, 2.75) is 26.9 Å². The molecule has 156 valence electrons. The van der Waals surface area contributed by atoms with Gasteiger partial charge in [0.2, 0.25) is 6.79 Å². The highest BCUT2D eigenvalue weighted by Crippen LogP contribution is 2.36. The van der Waals surface area contributed by atoms with Crippen molar-refractivity contribution in [3.05, 3.63) is 46.5 Å². The molecule has 0 fully saturated rings. The minimum absolute atomic E-state index is 0.268. The Bertz CT molecular complexity index is 873. The molecular weight excluding hydrogens is 394 g/mol. The van der Waals surface area contributed by atoms with Crippen LogP contribution in [0.1, 0.15) is 25.0 Å². The van der Waals surface area contributed by atoms with Gasteiger partial charge in [0.15, 0.2) is 29.0 Å². The van der Waals surface area contributed by atoms with Crippen molar-refractivity contribution in [1.82, 2.24) is 10.6 Å². The maximum atomic E-state index is 6.35. The molecule has 8 heteroatoms. The van der Waals surface area contributed by atoms with E-state index >= 15 is 0 Å². The zero-order chi connectivity index (χ0) is 20.6. The number of nitrogens with one attached hydrogen (secondary N) is 2. The quantitative estimate of drug-likeness (QED) is 0.501. The van der Waals surface area contributed by atoms with Crippen molar-refractivity contribution in [1.29, 1.82) is 0 Å². The van der Waals surface area contributed by atoms with E-state index in [9.17, 15) is 0 Å². The lowest BCUT2D eigenvalue weighted by molar-refractivity contribution is 0.174. The Hall–Kier alpha value is -2.80. The Kier molecular flexibility index (Phi) is 7.30. The van der Waals surface area contributed by atoms with Crippen LogP contribution in [0.5, 0.6) is 23.0 Å². The van der Waals surface area contributed by atoms with Crippen molar-refractivity contribution in [2.75, 3.05) is 27.1 Å². The minimum Gasteiger partial charge on any atom is -0.493 e. The molecule has 1 aliphatic rings. The van der Waals surface area contributed by atoms with Crippen LogP contribution in [0.15, 0.2) is 35.3 Å². The number of guanidine groups is 1. The van der Waals surface area contributed by atoms with Gasteiger partial charge in [0.25, 0.3) is 0 Å². The number of benzene rings is 2. The highest BCUT2D eigenvalue weighted by Gasteiger charge is 2.14. The average Bonchev–Trinajstić information content (AvgIpc) is 3.19. The molecule has 0 radical (unpaired) electrons. The zero-order valence-electron chi connectivity index (χ0n) is 16.9. The third-order valence-electron chi connectivity index (χ3n) is 4.24. The summed E-state index contributed by atoms with van der Waals surface area (Å²) in [4.78, 5) is 4.65. The smallest absolute Gasteiger partial charge is 0.231 e. The summed E-state index contributed by atoms with van der Waals surface area (Å²) in [5, 5.41) is 7.08. The standard InChI is InChI=1S/C21H26ClN3O4/c1-4-23-21(24-11-14-6-7-17-18(9-14)29-13-28-17)25-12-15-8-16(22)20(27-5-2)19(10-15)26-3/h6-10H,4-5,11-13H2,1-3H3,(H2,23,24,25). The number of hydrogen-bond donors (Lipinski definition) is 2. The first-order chi connectivity index (χ1) is 14.1. The highest BCUT2D eigenvalue weighted by molar-refractivity contribution is 6.32. The molecule has 0 amide bonds. The van der Waals surface area contributed by atoms with E-state index in [1.54, 1.807) is 7.11 Å². The van der Waals surface area contributed by atoms with Gasteiger partial charge in [0, 0.05) is 13.1 Å². The lowest BCUT2D eigenvalue weighted by Crippen LogP contribution is -2.36. The third kappa shape index (κ3) is 5.38. The van der Waals surface area contributed by atoms with E-state index in [0.717, 1.165) is 29.2 Å². The van der Waals surface area contributed by atoms with Crippen LogP contribution < -0.4 is 29.6 Å². The second-order valence-corrected chi connectivity index (χ2v) is 6.69.